The summed E-state index contributed by atoms with van der Waals surface area (Å²) in [6.07, 6.45) is 0. The molecule has 2 aromatic carbocycles. The Kier molecular flexibility index (Phi) is 4.20. The largest absolute Gasteiger partial charge is 0.496 e. The van der Waals surface area contributed by atoms with Gasteiger partial charge in [0.1, 0.15) is 5.75 Å². The van der Waals surface area contributed by atoms with Gasteiger partial charge in [-0.2, -0.15) is 0 Å². The maximum absolute atomic E-state index is 10.9. The van der Waals surface area contributed by atoms with E-state index in [0.29, 0.717) is 12.3 Å². The molecule has 0 amide bonds. The number of para-hydroxylation sites is 1. The zero-order valence-electron chi connectivity index (χ0n) is 11.4. The normalized spacial score (nSPS) is 10.1. The highest BCUT2D eigenvalue weighted by molar-refractivity contribution is 5.51. The molecule has 2 aromatic rings. The van der Waals surface area contributed by atoms with Crippen LogP contribution in [0.15, 0.2) is 42.5 Å². The van der Waals surface area contributed by atoms with Crippen molar-refractivity contribution in [3.63, 3.8) is 0 Å². The molecule has 20 heavy (non-hydrogen) atoms. The van der Waals surface area contributed by atoms with Gasteiger partial charge in [0, 0.05) is 18.3 Å². The number of hydrogen-bond donors (Lipinski definition) is 1. The summed E-state index contributed by atoms with van der Waals surface area (Å²) in [5.74, 6) is 0.487. The lowest BCUT2D eigenvalue weighted by molar-refractivity contribution is -0.385. The zero-order chi connectivity index (χ0) is 14.5. The standard InChI is InChI=1S/C15H16N2O3/c1-11-5-3-4-6-15(11)16-10-12-7-13(17(18)19)9-14(8-12)20-2/h3-9,16H,10H2,1-2H3. The lowest BCUT2D eigenvalue weighted by Gasteiger charge is -2.10. The lowest BCUT2D eigenvalue weighted by Crippen LogP contribution is -2.02. The smallest absolute Gasteiger partial charge is 0.273 e. The van der Waals surface area contributed by atoms with Gasteiger partial charge in [-0.1, -0.05) is 18.2 Å². The molecule has 0 fully saturated rings. The maximum Gasteiger partial charge on any atom is 0.273 e. The van der Waals surface area contributed by atoms with Crippen LogP contribution in [-0.2, 0) is 6.54 Å². The van der Waals surface area contributed by atoms with Gasteiger partial charge in [0.05, 0.1) is 18.1 Å². The van der Waals surface area contributed by atoms with Crippen molar-refractivity contribution >= 4 is 11.4 Å². The van der Waals surface area contributed by atoms with Crippen LogP contribution < -0.4 is 10.1 Å². The summed E-state index contributed by atoms with van der Waals surface area (Å²) in [6.45, 7) is 2.51. The minimum atomic E-state index is -0.417. The van der Waals surface area contributed by atoms with Crippen molar-refractivity contribution in [1.29, 1.82) is 0 Å². The van der Waals surface area contributed by atoms with Gasteiger partial charge in [0.15, 0.2) is 0 Å². The molecule has 0 heterocycles. The van der Waals surface area contributed by atoms with Gasteiger partial charge in [-0.3, -0.25) is 10.1 Å². The number of nitrogens with one attached hydrogen (secondary N) is 1. The van der Waals surface area contributed by atoms with Gasteiger partial charge < -0.3 is 10.1 Å². The molecule has 0 bridgehead atoms. The summed E-state index contributed by atoms with van der Waals surface area (Å²) in [4.78, 5) is 10.5. The average molecular weight is 272 g/mol. The first-order chi connectivity index (χ1) is 9.60. The van der Waals surface area contributed by atoms with E-state index in [1.165, 1.54) is 13.2 Å². The molecular formula is C15H16N2O3. The van der Waals surface area contributed by atoms with E-state index >= 15 is 0 Å². The Bertz CT molecular complexity index is 626. The highest BCUT2D eigenvalue weighted by Crippen LogP contribution is 2.23. The summed E-state index contributed by atoms with van der Waals surface area (Å²) in [5, 5.41) is 14.1. The van der Waals surface area contributed by atoms with Gasteiger partial charge >= 0.3 is 0 Å². The Morgan fingerprint density at radius 2 is 2.00 bits per heavy atom. The number of nitro benzene ring substituents is 1. The molecule has 0 aromatic heterocycles. The number of rotatable bonds is 5. The second kappa shape index (κ2) is 6.06. The second-order valence-corrected chi connectivity index (χ2v) is 4.46. The molecular weight excluding hydrogens is 256 g/mol. The van der Waals surface area contributed by atoms with Crippen molar-refractivity contribution < 1.29 is 9.66 Å². The minimum absolute atomic E-state index is 0.0333. The number of hydrogen-bond acceptors (Lipinski definition) is 4. The molecule has 0 unspecified atom stereocenters. The third-order valence-electron chi connectivity index (χ3n) is 3.03. The van der Waals surface area contributed by atoms with Crippen LogP contribution in [-0.4, -0.2) is 12.0 Å². The van der Waals surface area contributed by atoms with Gasteiger partial charge in [-0.15, -0.1) is 0 Å². The topological polar surface area (TPSA) is 64.4 Å². The highest BCUT2D eigenvalue weighted by Gasteiger charge is 2.10. The summed E-state index contributed by atoms with van der Waals surface area (Å²) in [5.41, 5.74) is 2.98. The molecule has 0 aliphatic carbocycles. The molecule has 0 aliphatic rings. The summed E-state index contributed by atoms with van der Waals surface area (Å²) in [6, 6.07) is 12.7. The lowest BCUT2D eigenvalue weighted by atomic mass is 10.1. The van der Waals surface area contributed by atoms with Crippen LogP contribution in [0.25, 0.3) is 0 Å². The van der Waals surface area contributed by atoms with E-state index in [-0.39, 0.29) is 5.69 Å². The van der Waals surface area contributed by atoms with Crippen molar-refractivity contribution in [2.24, 2.45) is 0 Å². The number of anilines is 1. The van der Waals surface area contributed by atoms with E-state index in [1.807, 2.05) is 31.2 Å². The Morgan fingerprint density at radius 3 is 2.65 bits per heavy atom. The van der Waals surface area contributed by atoms with Crippen molar-refractivity contribution in [1.82, 2.24) is 0 Å². The fourth-order valence-electron chi connectivity index (χ4n) is 1.94. The molecule has 0 aliphatic heterocycles. The number of non-ortho nitro benzene ring substituents is 1. The SMILES string of the molecule is COc1cc(CNc2ccccc2C)cc([N+](=O)[O-])c1. The number of ether oxygens (including phenoxy) is 1. The molecule has 2 rings (SSSR count). The predicted molar refractivity (Wildman–Crippen MR) is 78.2 cm³/mol. The van der Waals surface area contributed by atoms with Gasteiger partial charge in [-0.25, -0.2) is 0 Å². The Balaban J connectivity index is 2.19. The minimum Gasteiger partial charge on any atom is -0.496 e. The van der Waals surface area contributed by atoms with Crippen LogP contribution in [0.1, 0.15) is 11.1 Å². The predicted octanol–water partition coefficient (Wildman–Crippen LogP) is 3.52. The van der Waals surface area contributed by atoms with Crippen LogP contribution in [0, 0.1) is 17.0 Å². The molecule has 0 radical (unpaired) electrons. The molecule has 1 N–H and O–H groups in total. The highest BCUT2D eigenvalue weighted by atomic mass is 16.6. The fraction of sp³-hybridized carbons (Fsp3) is 0.200. The zero-order valence-corrected chi connectivity index (χ0v) is 11.4. The Labute approximate surface area is 117 Å². The number of nitro groups is 1. The summed E-state index contributed by atoms with van der Waals surface area (Å²) < 4.78 is 5.09. The van der Waals surface area contributed by atoms with E-state index in [9.17, 15) is 10.1 Å². The van der Waals surface area contributed by atoms with E-state index in [4.69, 9.17) is 4.74 Å². The summed E-state index contributed by atoms with van der Waals surface area (Å²) in [7, 11) is 1.50. The first-order valence-electron chi connectivity index (χ1n) is 6.22. The maximum atomic E-state index is 10.9. The molecule has 0 saturated heterocycles. The third-order valence-corrected chi connectivity index (χ3v) is 3.03. The average Bonchev–Trinajstić information content (AvgIpc) is 2.46. The molecule has 104 valence electrons. The quantitative estimate of drug-likeness (QED) is 0.668. The van der Waals surface area contributed by atoms with Gasteiger partial charge in [0.2, 0.25) is 0 Å². The monoisotopic (exact) mass is 272 g/mol. The van der Waals surface area contributed by atoms with E-state index in [1.54, 1.807) is 12.1 Å². The van der Waals surface area contributed by atoms with Crippen LogP contribution in [0.5, 0.6) is 5.75 Å². The van der Waals surface area contributed by atoms with E-state index in [2.05, 4.69) is 5.32 Å². The van der Waals surface area contributed by atoms with Crippen molar-refractivity contribution in [2.45, 2.75) is 13.5 Å². The Morgan fingerprint density at radius 1 is 1.25 bits per heavy atom. The second-order valence-electron chi connectivity index (χ2n) is 4.46. The fourth-order valence-corrected chi connectivity index (χ4v) is 1.94. The number of aryl methyl sites for hydroxylation is 1. The van der Waals surface area contributed by atoms with Crippen molar-refractivity contribution in [2.75, 3.05) is 12.4 Å². The molecule has 5 heteroatoms. The van der Waals surface area contributed by atoms with Gasteiger partial charge in [0.25, 0.3) is 5.69 Å². The van der Waals surface area contributed by atoms with Crippen LogP contribution in [0.4, 0.5) is 11.4 Å². The van der Waals surface area contributed by atoms with Crippen molar-refractivity contribution in [3.8, 4) is 5.75 Å². The van der Waals surface area contributed by atoms with Gasteiger partial charge in [-0.05, 0) is 30.2 Å². The van der Waals surface area contributed by atoms with E-state index in [0.717, 1.165) is 16.8 Å². The first kappa shape index (κ1) is 13.9. The summed E-state index contributed by atoms with van der Waals surface area (Å²) >= 11 is 0. The van der Waals surface area contributed by atoms with Crippen molar-refractivity contribution in [3.05, 3.63) is 63.7 Å². The number of methoxy groups -OCH3 is 1. The Hall–Kier alpha value is -2.56. The number of benzene rings is 2. The third kappa shape index (κ3) is 3.26. The van der Waals surface area contributed by atoms with E-state index < -0.39 is 4.92 Å². The van der Waals surface area contributed by atoms with Crippen LogP contribution >= 0.6 is 0 Å². The number of nitrogens with zero attached hydrogens (tertiary/aromatic N) is 1. The molecule has 0 atom stereocenters. The van der Waals surface area contributed by atoms with Crippen LogP contribution in [0.3, 0.4) is 0 Å². The molecule has 0 saturated carbocycles. The first-order valence-corrected chi connectivity index (χ1v) is 6.22. The molecule has 0 spiro atoms. The van der Waals surface area contributed by atoms with Crippen LogP contribution in [0.2, 0.25) is 0 Å². The molecule has 5 nitrogen and oxygen atoms in total.